The lowest BCUT2D eigenvalue weighted by molar-refractivity contribution is 0.259. The molecule has 392 valence electrons. The Balaban J connectivity index is 1.03. The molecule has 8 aromatic heterocycles. The Morgan fingerprint density at radius 1 is 0.597 bits per heavy atom. The number of aromatic nitrogens is 4. The molecule has 0 saturated carbocycles. The monoisotopic (exact) mass is 1030 g/mol. The highest BCUT2D eigenvalue weighted by Crippen LogP contribution is 2.47. The second kappa shape index (κ2) is 19.7. The summed E-state index contributed by atoms with van der Waals surface area (Å²) in [5.41, 5.74) is 22.0. The van der Waals surface area contributed by atoms with Crippen LogP contribution in [0.5, 0.6) is 23.8 Å². The number of aryl methyl sites for hydroxylation is 3. The largest absolute Gasteiger partial charge is 0.465 e. The fourth-order valence-electron chi connectivity index (χ4n) is 11.3. The van der Waals surface area contributed by atoms with E-state index in [-0.39, 0.29) is 0 Å². The van der Waals surface area contributed by atoms with Gasteiger partial charge < -0.3 is 60.1 Å². The Hall–Kier alpha value is -8.87. The van der Waals surface area contributed by atoms with E-state index in [1.54, 1.807) is 0 Å². The fraction of sp³-hybridized carbons (Fsp3) is 0.270. The van der Waals surface area contributed by atoms with Gasteiger partial charge in [-0.15, -0.1) is 0 Å². The quantitative estimate of drug-likeness (QED) is 0.0810. The van der Waals surface area contributed by atoms with Gasteiger partial charge in [0.05, 0.1) is 82.4 Å². The van der Waals surface area contributed by atoms with Crippen molar-refractivity contribution in [3.8, 4) is 74.8 Å². The molecule has 0 saturated heterocycles. The number of likely N-dealkylation sites (N-methyl/N-ethyl adjacent to an activating group) is 1. The number of nitrogens with zero attached hydrogens (tertiary/aromatic N) is 6. The lowest BCUT2D eigenvalue weighted by atomic mass is 9.98. The molecule has 0 fully saturated rings. The summed E-state index contributed by atoms with van der Waals surface area (Å²) in [5, 5.41) is 1.05. The third kappa shape index (κ3) is 8.40. The molecule has 1 aromatic carbocycles. The number of fused-ring (bicyclic) bond motifs is 4. The van der Waals surface area contributed by atoms with Gasteiger partial charge in [0.15, 0.2) is 0 Å². The van der Waals surface area contributed by atoms with Crippen LogP contribution in [-0.4, -0.2) is 68.0 Å². The van der Waals surface area contributed by atoms with Crippen LogP contribution < -0.4 is 18.9 Å². The first kappa shape index (κ1) is 49.0. The smallest absolute Gasteiger partial charge is 0.284 e. The van der Waals surface area contributed by atoms with Gasteiger partial charge in [0.2, 0.25) is 0 Å². The molecule has 2 bridgehead atoms. The van der Waals surface area contributed by atoms with Crippen molar-refractivity contribution in [2.75, 3.05) is 39.5 Å². The molecule has 0 spiro atoms. The summed E-state index contributed by atoms with van der Waals surface area (Å²) in [6, 6.07) is 21.8. The predicted octanol–water partition coefficient (Wildman–Crippen LogP) is 15.0. The number of pyridine rings is 1. The third-order valence-electron chi connectivity index (χ3n) is 14.5. The highest BCUT2D eigenvalue weighted by atomic mass is 16.6. The van der Waals surface area contributed by atoms with Crippen molar-refractivity contribution in [1.82, 2.24) is 28.5 Å². The topological polar surface area (TPSA) is 124 Å². The molecule has 0 N–H and O–H groups in total. The maximum absolute atomic E-state index is 6.32. The molecule has 2 aliphatic heterocycles. The van der Waals surface area contributed by atoms with Crippen LogP contribution in [0.1, 0.15) is 65.3 Å². The van der Waals surface area contributed by atoms with E-state index in [1.165, 1.54) is 0 Å². The number of benzene rings is 1. The van der Waals surface area contributed by atoms with Crippen molar-refractivity contribution in [2.45, 2.75) is 75.9 Å². The van der Waals surface area contributed by atoms with Crippen molar-refractivity contribution in [3.63, 3.8) is 0 Å². The van der Waals surface area contributed by atoms with Gasteiger partial charge in [0, 0.05) is 90.1 Å². The molecule has 12 rings (SSSR count). The molecule has 1 aliphatic carbocycles. The SMILES string of the molecule is CCOc1ccc(-c2cn(C3=C(C)C=C(C)C4=C=C3C3=C(C=CCN3CC)N4Cn3c4ccc(C)nc4c4c(-n5cc(-c6ccc(OCC)o6)c(-c6ccc(OCC)o6)c5)c(C)cc(C)c43)cc2-c2ccc(OCC)o2)o1. The van der Waals surface area contributed by atoms with E-state index in [4.69, 9.17) is 41.6 Å². The first-order valence-corrected chi connectivity index (χ1v) is 26.6. The number of allylic oxidation sites excluding steroid dienone is 4. The third-order valence-corrected chi connectivity index (χ3v) is 14.5. The molecule has 0 radical (unpaired) electrons. The molecule has 3 aliphatic rings. The van der Waals surface area contributed by atoms with Gasteiger partial charge in [0.25, 0.3) is 23.8 Å². The number of hydrogen-bond acceptors (Lipinski definition) is 11. The molecule has 9 aromatic rings. The molecule has 0 amide bonds. The number of rotatable bonds is 17. The number of hydrogen-bond donors (Lipinski definition) is 0. The highest BCUT2D eigenvalue weighted by molar-refractivity contribution is 6.12. The predicted molar refractivity (Wildman–Crippen MR) is 299 cm³/mol. The zero-order valence-corrected chi connectivity index (χ0v) is 45.3. The minimum absolute atomic E-state index is 0.452. The number of ether oxygens (including phenoxy) is 4. The van der Waals surface area contributed by atoms with E-state index < -0.39 is 0 Å². The zero-order chi connectivity index (χ0) is 53.2. The van der Waals surface area contributed by atoms with Crippen LogP contribution in [0.2, 0.25) is 0 Å². The summed E-state index contributed by atoms with van der Waals surface area (Å²) >= 11 is 0. The van der Waals surface area contributed by atoms with E-state index in [2.05, 4.69) is 132 Å². The molecule has 14 heteroatoms. The Kier molecular flexibility index (Phi) is 12.5. The van der Waals surface area contributed by atoms with Crippen molar-refractivity contribution in [3.05, 3.63) is 166 Å². The number of furan rings is 4. The zero-order valence-electron chi connectivity index (χ0n) is 45.3. The minimum Gasteiger partial charge on any atom is -0.465 e. The van der Waals surface area contributed by atoms with Gasteiger partial charge in [-0.2, -0.15) is 0 Å². The Bertz CT molecular complexity index is 3870. The van der Waals surface area contributed by atoms with Gasteiger partial charge in [-0.05, 0) is 134 Å². The van der Waals surface area contributed by atoms with Crippen molar-refractivity contribution < 1.29 is 36.6 Å². The van der Waals surface area contributed by atoms with E-state index in [1.807, 2.05) is 76.2 Å². The highest BCUT2D eigenvalue weighted by Gasteiger charge is 2.35. The molecule has 10 heterocycles. The van der Waals surface area contributed by atoms with E-state index >= 15 is 0 Å². The summed E-state index contributed by atoms with van der Waals surface area (Å²) in [6.45, 7) is 24.8. The summed E-state index contributed by atoms with van der Waals surface area (Å²) in [4.78, 5) is 10.3. The summed E-state index contributed by atoms with van der Waals surface area (Å²) in [7, 11) is 0. The fourth-order valence-corrected chi connectivity index (χ4v) is 11.3. The standard InChI is InChI=1S/C63H62N6O8/c1-11-65-28-16-17-48-63(65)42-31-49(37(6)29-38(7)60(42)66-32-43(50-20-24-54(74-50)70-12-2)44(33-66)51-21-25-55(75-51)71-13-3)68(48)36-69-47-19-18-41(10)64-59(47)58-61(39(8)30-40(9)62(58)69)67-34-45(52-22-26-56(76-52)72-14-4)46(35-67)53-23-27-57(77-53)73-15-5/h16-27,29-30,32-35H,11-15,28,36H2,1-10H3. The lowest BCUT2D eigenvalue weighted by Crippen LogP contribution is -2.36. The van der Waals surface area contributed by atoms with E-state index in [0.29, 0.717) is 79.9 Å². The van der Waals surface area contributed by atoms with Crippen LogP contribution in [0.3, 0.4) is 0 Å². The maximum atomic E-state index is 6.32. The lowest BCUT2D eigenvalue weighted by Gasteiger charge is -2.39. The van der Waals surface area contributed by atoms with Gasteiger partial charge in [-0.1, -0.05) is 23.9 Å². The van der Waals surface area contributed by atoms with Crippen LogP contribution >= 0.6 is 0 Å². The molecular formula is C63H62N6O8. The van der Waals surface area contributed by atoms with Gasteiger partial charge >= 0.3 is 0 Å². The van der Waals surface area contributed by atoms with Crippen LogP contribution in [0.25, 0.3) is 78.6 Å². The summed E-state index contributed by atoms with van der Waals surface area (Å²) in [5.74, 6) is 4.45. The average molecular weight is 1030 g/mol. The second-order valence-electron chi connectivity index (χ2n) is 19.5. The Labute approximate surface area is 447 Å². The average Bonchev–Trinajstić information content (AvgIpc) is 4.46. The Morgan fingerprint density at radius 2 is 1.12 bits per heavy atom. The van der Waals surface area contributed by atoms with E-state index in [9.17, 15) is 0 Å². The van der Waals surface area contributed by atoms with Crippen molar-refractivity contribution >= 4 is 27.6 Å². The second-order valence-corrected chi connectivity index (χ2v) is 19.5. The first-order chi connectivity index (χ1) is 37.5. The normalized spacial score (nSPS) is 14.4. The molecule has 77 heavy (non-hydrogen) atoms. The molecule has 0 atom stereocenters. The minimum atomic E-state index is 0.452. The van der Waals surface area contributed by atoms with E-state index in [0.717, 1.165) is 119 Å². The van der Waals surface area contributed by atoms with Crippen LogP contribution in [0.4, 0.5) is 0 Å². The molecule has 0 unspecified atom stereocenters. The van der Waals surface area contributed by atoms with Crippen LogP contribution in [0, 0.1) is 20.8 Å². The maximum Gasteiger partial charge on any atom is 0.284 e. The van der Waals surface area contributed by atoms with Crippen LogP contribution in [-0.2, 0) is 6.67 Å². The van der Waals surface area contributed by atoms with Crippen molar-refractivity contribution in [1.29, 1.82) is 0 Å². The summed E-state index contributed by atoms with van der Waals surface area (Å²) < 4.78 is 55.3. The van der Waals surface area contributed by atoms with Crippen molar-refractivity contribution in [2.24, 2.45) is 0 Å². The summed E-state index contributed by atoms with van der Waals surface area (Å²) in [6.07, 6.45) is 15.3. The Morgan fingerprint density at radius 3 is 1.62 bits per heavy atom. The molecule has 14 nitrogen and oxygen atoms in total. The van der Waals surface area contributed by atoms with Gasteiger partial charge in [-0.3, -0.25) is 4.98 Å². The first-order valence-electron chi connectivity index (χ1n) is 26.6. The van der Waals surface area contributed by atoms with Gasteiger partial charge in [-0.25, -0.2) is 0 Å². The van der Waals surface area contributed by atoms with Crippen LogP contribution in [0.15, 0.2) is 167 Å². The molecular weight excluding hydrogens is 969 g/mol. The van der Waals surface area contributed by atoms with Gasteiger partial charge in [0.1, 0.15) is 29.7 Å².